The Morgan fingerprint density at radius 2 is 2.22 bits per heavy atom. The van der Waals surface area contributed by atoms with Crippen molar-refractivity contribution in [3.8, 4) is 6.07 Å². The van der Waals surface area contributed by atoms with Gasteiger partial charge in [0.25, 0.3) is 5.56 Å². The van der Waals surface area contributed by atoms with E-state index in [1.54, 1.807) is 12.3 Å². The van der Waals surface area contributed by atoms with Gasteiger partial charge < -0.3 is 0 Å². The molecule has 0 N–H and O–H groups in total. The van der Waals surface area contributed by atoms with Gasteiger partial charge in [-0.3, -0.25) is 9.36 Å². The van der Waals surface area contributed by atoms with Crippen molar-refractivity contribution < 1.29 is 0 Å². The molecule has 0 radical (unpaired) electrons. The molecular formula is C12H12N4OS. The number of hydrogen-bond donors (Lipinski definition) is 0. The maximum atomic E-state index is 12.1. The van der Waals surface area contributed by atoms with Crippen LogP contribution in [0, 0.1) is 11.3 Å². The third-order valence-corrected chi connectivity index (χ3v) is 3.13. The van der Waals surface area contributed by atoms with Crippen LogP contribution in [0.25, 0.3) is 11.0 Å². The normalized spacial score (nSPS) is 10.8. The molecule has 0 saturated heterocycles. The van der Waals surface area contributed by atoms with Gasteiger partial charge in [0, 0.05) is 17.6 Å². The fraction of sp³-hybridized carbons (Fsp3) is 0.333. The van der Waals surface area contributed by atoms with E-state index in [1.807, 2.05) is 26.2 Å². The minimum absolute atomic E-state index is 0.0575. The molecule has 6 heteroatoms. The molecule has 0 aliphatic heterocycles. The number of thioether (sulfide) groups is 1. The van der Waals surface area contributed by atoms with E-state index in [9.17, 15) is 4.79 Å². The average molecular weight is 260 g/mol. The van der Waals surface area contributed by atoms with Crippen LogP contribution in [0.15, 0.2) is 22.2 Å². The molecule has 0 unspecified atom stereocenters. The lowest BCUT2D eigenvalue weighted by molar-refractivity contribution is 0.591. The van der Waals surface area contributed by atoms with Crippen LogP contribution in [-0.2, 0) is 0 Å². The Balaban J connectivity index is 2.93. The first-order valence-corrected chi connectivity index (χ1v) is 6.67. The van der Waals surface area contributed by atoms with Gasteiger partial charge in [-0.15, -0.1) is 0 Å². The lowest BCUT2D eigenvalue weighted by Gasteiger charge is -2.13. The van der Waals surface area contributed by atoms with Crippen molar-refractivity contribution in [2.75, 3.05) is 6.26 Å². The fourth-order valence-corrected chi connectivity index (χ4v) is 2.10. The van der Waals surface area contributed by atoms with Gasteiger partial charge in [0.15, 0.2) is 5.16 Å². The lowest BCUT2D eigenvalue weighted by Crippen LogP contribution is -2.25. The minimum atomic E-state index is -0.300. The van der Waals surface area contributed by atoms with Crippen molar-refractivity contribution >= 4 is 22.8 Å². The van der Waals surface area contributed by atoms with Crippen molar-refractivity contribution in [2.24, 2.45) is 0 Å². The Labute approximate surface area is 108 Å². The third kappa shape index (κ3) is 1.97. The molecule has 0 aromatic carbocycles. The summed E-state index contributed by atoms with van der Waals surface area (Å²) in [7, 11) is 0. The van der Waals surface area contributed by atoms with Gasteiger partial charge >= 0.3 is 0 Å². The summed E-state index contributed by atoms with van der Waals surface area (Å²) in [6, 6.07) is 3.40. The van der Waals surface area contributed by atoms with Crippen LogP contribution >= 0.6 is 11.8 Å². The summed E-state index contributed by atoms with van der Waals surface area (Å²) >= 11 is 1.42. The zero-order valence-corrected chi connectivity index (χ0v) is 11.2. The van der Waals surface area contributed by atoms with Gasteiger partial charge in [-0.2, -0.15) is 5.26 Å². The number of nitriles is 1. The Hall–Kier alpha value is -1.87. The molecule has 0 aliphatic rings. The quantitative estimate of drug-likeness (QED) is 0.609. The number of aromatic nitrogens is 3. The second-order valence-electron chi connectivity index (χ2n) is 4.07. The highest BCUT2D eigenvalue weighted by atomic mass is 32.2. The molecule has 0 atom stereocenters. The molecule has 0 aliphatic carbocycles. The van der Waals surface area contributed by atoms with Crippen LogP contribution in [0.1, 0.15) is 25.5 Å². The van der Waals surface area contributed by atoms with E-state index in [0.717, 1.165) is 0 Å². The lowest BCUT2D eigenvalue weighted by atomic mass is 10.2. The average Bonchev–Trinajstić information content (AvgIpc) is 2.36. The summed E-state index contributed by atoms with van der Waals surface area (Å²) in [5, 5.41) is 10.3. The van der Waals surface area contributed by atoms with Crippen LogP contribution in [0.4, 0.5) is 0 Å². The van der Waals surface area contributed by atoms with Gasteiger partial charge in [-0.25, -0.2) is 9.97 Å². The molecule has 5 nitrogen and oxygen atoms in total. The second kappa shape index (κ2) is 4.78. The van der Waals surface area contributed by atoms with E-state index >= 15 is 0 Å². The maximum absolute atomic E-state index is 12.1. The molecule has 0 saturated carbocycles. The van der Waals surface area contributed by atoms with Gasteiger partial charge in [0.05, 0.1) is 0 Å². The highest BCUT2D eigenvalue weighted by Crippen LogP contribution is 2.17. The van der Waals surface area contributed by atoms with Gasteiger partial charge in [-0.05, 0) is 26.2 Å². The monoisotopic (exact) mass is 260 g/mol. The molecule has 2 aromatic rings. The minimum Gasteiger partial charge on any atom is -0.289 e. The summed E-state index contributed by atoms with van der Waals surface area (Å²) in [5.41, 5.74) is 0.399. The second-order valence-corrected chi connectivity index (χ2v) is 4.85. The maximum Gasteiger partial charge on any atom is 0.270 e. The number of nitrogens with zero attached hydrogens (tertiary/aromatic N) is 4. The number of hydrogen-bond acceptors (Lipinski definition) is 5. The molecular weight excluding hydrogens is 248 g/mol. The topological polar surface area (TPSA) is 71.6 Å². The molecule has 2 heterocycles. The van der Waals surface area contributed by atoms with Crippen molar-refractivity contribution in [3.05, 3.63) is 28.2 Å². The molecule has 0 amide bonds. The Bertz CT molecular complexity index is 700. The number of rotatable bonds is 2. The summed E-state index contributed by atoms with van der Waals surface area (Å²) in [5.74, 6) is 0. The van der Waals surface area contributed by atoms with Gasteiger partial charge in [0.2, 0.25) is 0 Å². The smallest absolute Gasteiger partial charge is 0.270 e. The van der Waals surface area contributed by atoms with Gasteiger partial charge in [-0.1, -0.05) is 11.8 Å². The van der Waals surface area contributed by atoms with Crippen LogP contribution in [-0.4, -0.2) is 20.8 Å². The Kier molecular flexibility index (Phi) is 3.34. The van der Waals surface area contributed by atoms with E-state index in [-0.39, 0.29) is 17.2 Å². The summed E-state index contributed by atoms with van der Waals surface area (Å²) in [6.45, 7) is 3.78. The van der Waals surface area contributed by atoms with Crippen LogP contribution in [0.5, 0.6) is 0 Å². The van der Waals surface area contributed by atoms with Crippen LogP contribution < -0.4 is 5.56 Å². The SMILES string of the molecule is CSc1ncc2cc(C#N)c(=O)n(C(C)C)c2n1. The first-order valence-electron chi connectivity index (χ1n) is 5.45. The first-order chi connectivity index (χ1) is 8.58. The molecule has 2 aromatic heterocycles. The molecule has 0 bridgehead atoms. The van der Waals surface area contributed by atoms with Gasteiger partial charge in [0.1, 0.15) is 17.3 Å². The number of fused-ring (bicyclic) bond motifs is 1. The molecule has 0 fully saturated rings. The third-order valence-electron chi connectivity index (χ3n) is 2.57. The van der Waals surface area contributed by atoms with Crippen LogP contribution in [0.3, 0.4) is 0 Å². The van der Waals surface area contributed by atoms with E-state index in [1.165, 1.54) is 16.3 Å². The highest BCUT2D eigenvalue weighted by molar-refractivity contribution is 7.98. The van der Waals surface area contributed by atoms with E-state index in [4.69, 9.17) is 5.26 Å². The molecule has 2 rings (SSSR count). The number of pyridine rings is 1. The molecule has 18 heavy (non-hydrogen) atoms. The zero-order chi connectivity index (χ0) is 13.3. The Morgan fingerprint density at radius 3 is 2.78 bits per heavy atom. The highest BCUT2D eigenvalue weighted by Gasteiger charge is 2.13. The van der Waals surface area contributed by atoms with Crippen molar-refractivity contribution in [1.29, 1.82) is 5.26 Å². The molecule has 0 spiro atoms. The van der Waals surface area contributed by atoms with E-state index < -0.39 is 0 Å². The van der Waals surface area contributed by atoms with Crippen molar-refractivity contribution in [3.63, 3.8) is 0 Å². The first kappa shape index (κ1) is 12.6. The predicted molar refractivity (Wildman–Crippen MR) is 70.7 cm³/mol. The zero-order valence-electron chi connectivity index (χ0n) is 10.3. The molecule has 92 valence electrons. The van der Waals surface area contributed by atoms with Crippen LogP contribution in [0.2, 0.25) is 0 Å². The summed E-state index contributed by atoms with van der Waals surface area (Å²) in [6.07, 6.45) is 3.52. The van der Waals surface area contributed by atoms with Crippen molar-refractivity contribution in [1.82, 2.24) is 14.5 Å². The largest absolute Gasteiger partial charge is 0.289 e. The van der Waals surface area contributed by atoms with Crippen molar-refractivity contribution in [2.45, 2.75) is 25.0 Å². The predicted octanol–water partition coefficient (Wildman–Crippen LogP) is 1.97. The van der Waals surface area contributed by atoms with E-state index in [0.29, 0.717) is 16.2 Å². The standard InChI is InChI=1S/C12H12N4OS/c1-7(2)16-10-9(4-8(5-13)11(16)17)6-14-12(15-10)18-3/h4,6-7H,1-3H3. The Morgan fingerprint density at radius 1 is 1.50 bits per heavy atom. The summed E-state index contributed by atoms with van der Waals surface area (Å²) in [4.78, 5) is 20.6. The summed E-state index contributed by atoms with van der Waals surface area (Å²) < 4.78 is 1.54. The fourth-order valence-electron chi connectivity index (χ4n) is 1.76. The van der Waals surface area contributed by atoms with E-state index in [2.05, 4.69) is 9.97 Å².